The lowest BCUT2D eigenvalue weighted by Crippen LogP contribution is -2.09. The van der Waals surface area contributed by atoms with E-state index in [9.17, 15) is 0 Å². The fourth-order valence-corrected chi connectivity index (χ4v) is 0.807. The van der Waals surface area contributed by atoms with Crippen LogP contribution < -0.4 is 5.73 Å². The Balaban J connectivity index is 2.50. The Morgan fingerprint density at radius 1 is 1.73 bits per heavy atom. The largest absolute Gasteiger partial charge is 0.381 e. The number of aromatic nitrogens is 3. The van der Waals surface area contributed by atoms with E-state index in [1.807, 2.05) is 0 Å². The molecule has 0 amide bonds. The second kappa shape index (κ2) is 3.37. The van der Waals surface area contributed by atoms with Gasteiger partial charge in [0.1, 0.15) is 0 Å². The molecule has 0 radical (unpaired) electrons. The van der Waals surface area contributed by atoms with Crippen molar-refractivity contribution in [2.24, 2.45) is 5.92 Å². The molecule has 1 aromatic rings. The van der Waals surface area contributed by atoms with Gasteiger partial charge in [-0.1, -0.05) is 20.3 Å². The van der Waals surface area contributed by atoms with E-state index in [1.165, 1.54) is 0 Å². The van der Waals surface area contributed by atoms with E-state index in [4.69, 9.17) is 5.73 Å². The molecule has 0 aliphatic carbocycles. The quantitative estimate of drug-likeness (QED) is 0.704. The summed E-state index contributed by atoms with van der Waals surface area (Å²) in [6, 6.07) is 0. The van der Waals surface area contributed by atoms with Gasteiger partial charge in [-0.15, -0.1) is 5.10 Å². The number of rotatable bonds is 3. The van der Waals surface area contributed by atoms with Crippen LogP contribution in [0.15, 0.2) is 6.20 Å². The molecule has 0 bridgehead atoms. The van der Waals surface area contributed by atoms with Crippen LogP contribution in [0.5, 0.6) is 0 Å². The summed E-state index contributed by atoms with van der Waals surface area (Å²) in [5.74, 6) is 1.11. The summed E-state index contributed by atoms with van der Waals surface area (Å²) in [5.41, 5.74) is 5.40. The second-order valence-electron chi connectivity index (χ2n) is 2.84. The van der Waals surface area contributed by atoms with E-state index < -0.39 is 0 Å². The van der Waals surface area contributed by atoms with E-state index >= 15 is 0 Å². The maximum Gasteiger partial charge on any atom is 0.165 e. The second-order valence-corrected chi connectivity index (χ2v) is 2.84. The van der Waals surface area contributed by atoms with Crippen molar-refractivity contribution in [3.05, 3.63) is 6.20 Å². The molecular weight excluding hydrogens is 140 g/mol. The number of hydrogen-bond donors (Lipinski definition) is 1. The summed E-state index contributed by atoms with van der Waals surface area (Å²) in [4.78, 5) is 1.64. The summed E-state index contributed by atoms with van der Waals surface area (Å²) in [6.07, 6.45) is 2.71. The molecule has 11 heavy (non-hydrogen) atoms. The Morgan fingerprint density at radius 3 is 2.91 bits per heavy atom. The molecule has 0 aliphatic heterocycles. The fourth-order valence-electron chi connectivity index (χ4n) is 0.807. The average Bonchev–Trinajstić information content (AvgIpc) is 2.35. The first kappa shape index (κ1) is 8.04. The summed E-state index contributed by atoms with van der Waals surface area (Å²) in [6.45, 7) is 5.17. The predicted octanol–water partition coefficient (Wildman–Crippen LogP) is 0.906. The molecule has 4 heteroatoms. The molecule has 1 atom stereocenters. The van der Waals surface area contributed by atoms with Crippen LogP contribution in [0.2, 0.25) is 0 Å². The lowest BCUT2D eigenvalue weighted by Gasteiger charge is -2.05. The predicted molar refractivity (Wildman–Crippen MR) is 43.9 cm³/mol. The maximum atomic E-state index is 5.40. The average molecular weight is 154 g/mol. The molecule has 0 aromatic carbocycles. The van der Waals surface area contributed by atoms with Gasteiger partial charge in [0.25, 0.3) is 0 Å². The molecule has 0 spiro atoms. The van der Waals surface area contributed by atoms with Gasteiger partial charge in [0.15, 0.2) is 5.82 Å². The third-order valence-corrected chi connectivity index (χ3v) is 1.73. The van der Waals surface area contributed by atoms with Gasteiger partial charge in [-0.2, -0.15) is 9.90 Å². The molecule has 1 aromatic heterocycles. The van der Waals surface area contributed by atoms with Crippen molar-refractivity contribution in [1.82, 2.24) is 15.0 Å². The lowest BCUT2D eigenvalue weighted by atomic mass is 10.1. The highest BCUT2D eigenvalue weighted by molar-refractivity contribution is 5.19. The smallest absolute Gasteiger partial charge is 0.165 e. The zero-order valence-electron chi connectivity index (χ0n) is 6.99. The Hall–Kier alpha value is -1.06. The van der Waals surface area contributed by atoms with Crippen LogP contribution in [0.25, 0.3) is 0 Å². The first-order chi connectivity index (χ1) is 5.22. The lowest BCUT2D eigenvalue weighted by molar-refractivity contribution is 0.404. The van der Waals surface area contributed by atoms with E-state index in [1.54, 1.807) is 11.0 Å². The highest BCUT2D eigenvalue weighted by atomic mass is 15.5. The highest BCUT2D eigenvalue weighted by Crippen LogP contribution is 2.03. The van der Waals surface area contributed by atoms with Crippen LogP contribution in [0.1, 0.15) is 20.3 Å². The van der Waals surface area contributed by atoms with Gasteiger partial charge >= 0.3 is 0 Å². The standard InChI is InChI=1S/C7H14N4/c1-3-6(2)5-11-9-4-7(8)10-11/h4,6H,3,5H2,1-2H3,(H2,8,10). The van der Waals surface area contributed by atoms with Gasteiger partial charge < -0.3 is 5.73 Å². The van der Waals surface area contributed by atoms with Gasteiger partial charge in [-0.3, -0.25) is 0 Å². The maximum absolute atomic E-state index is 5.40. The zero-order valence-corrected chi connectivity index (χ0v) is 6.99. The molecular formula is C7H14N4. The van der Waals surface area contributed by atoms with Crippen LogP contribution in [-0.2, 0) is 6.54 Å². The van der Waals surface area contributed by atoms with Gasteiger partial charge in [-0.05, 0) is 5.92 Å². The summed E-state index contributed by atoms with van der Waals surface area (Å²) in [7, 11) is 0. The van der Waals surface area contributed by atoms with Crippen molar-refractivity contribution < 1.29 is 0 Å². The summed E-state index contributed by atoms with van der Waals surface area (Å²) in [5, 5.41) is 7.97. The normalized spacial score (nSPS) is 13.3. The third-order valence-electron chi connectivity index (χ3n) is 1.73. The van der Waals surface area contributed by atoms with Crippen molar-refractivity contribution in [3.8, 4) is 0 Å². The van der Waals surface area contributed by atoms with E-state index in [0.717, 1.165) is 13.0 Å². The minimum atomic E-state index is 0.494. The van der Waals surface area contributed by atoms with Crippen molar-refractivity contribution in [3.63, 3.8) is 0 Å². The Bertz CT molecular complexity index is 218. The third kappa shape index (κ3) is 2.22. The van der Waals surface area contributed by atoms with Crippen LogP contribution in [0.3, 0.4) is 0 Å². The molecule has 0 aliphatic rings. The topological polar surface area (TPSA) is 56.7 Å². The molecule has 0 saturated heterocycles. The van der Waals surface area contributed by atoms with Crippen molar-refractivity contribution >= 4 is 5.82 Å². The van der Waals surface area contributed by atoms with E-state index in [-0.39, 0.29) is 0 Å². The molecule has 1 rings (SSSR count). The van der Waals surface area contributed by atoms with Crippen molar-refractivity contribution in [1.29, 1.82) is 0 Å². The number of anilines is 1. The van der Waals surface area contributed by atoms with Crippen LogP contribution in [-0.4, -0.2) is 15.0 Å². The van der Waals surface area contributed by atoms with Gasteiger partial charge in [0, 0.05) is 0 Å². The van der Waals surface area contributed by atoms with Crippen LogP contribution in [0.4, 0.5) is 5.82 Å². The molecule has 4 nitrogen and oxygen atoms in total. The number of hydrogen-bond acceptors (Lipinski definition) is 3. The first-order valence-electron chi connectivity index (χ1n) is 3.88. The Kier molecular flexibility index (Phi) is 2.46. The van der Waals surface area contributed by atoms with Gasteiger partial charge in [0.05, 0.1) is 12.7 Å². The summed E-state index contributed by atoms with van der Waals surface area (Å²) >= 11 is 0. The van der Waals surface area contributed by atoms with Gasteiger partial charge in [0.2, 0.25) is 0 Å². The molecule has 62 valence electrons. The minimum absolute atomic E-state index is 0.494. The molecule has 0 saturated carbocycles. The van der Waals surface area contributed by atoms with Crippen molar-refractivity contribution in [2.45, 2.75) is 26.8 Å². The first-order valence-corrected chi connectivity index (χ1v) is 3.88. The minimum Gasteiger partial charge on any atom is -0.381 e. The molecule has 2 N–H and O–H groups in total. The van der Waals surface area contributed by atoms with E-state index in [0.29, 0.717) is 11.7 Å². The molecule has 0 fully saturated rings. The Labute approximate surface area is 66.4 Å². The highest BCUT2D eigenvalue weighted by Gasteiger charge is 2.01. The summed E-state index contributed by atoms with van der Waals surface area (Å²) < 4.78 is 0. The fraction of sp³-hybridized carbons (Fsp3) is 0.714. The number of nitrogen functional groups attached to an aromatic ring is 1. The van der Waals surface area contributed by atoms with Crippen molar-refractivity contribution in [2.75, 3.05) is 5.73 Å². The zero-order chi connectivity index (χ0) is 8.27. The monoisotopic (exact) mass is 154 g/mol. The van der Waals surface area contributed by atoms with E-state index in [2.05, 4.69) is 24.0 Å². The number of nitrogens with two attached hydrogens (primary N) is 1. The Morgan fingerprint density at radius 2 is 2.45 bits per heavy atom. The van der Waals surface area contributed by atoms with Crippen LogP contribution >= 0.6 is 0 Å². The molecule has 1 unspecified atom stereocenters. The van der Waals surface area contributed by atoms with Gasteiger partial charge in [-0.25, -0.2) is 0 Å². The number of nitrogens with zero attached hydrogens (tertiary/aromatic N) is 3. The van der Waals surface area contributed by atoms with Crippen LogP contribution in [0, 0.1) is 5.92 Å². The molecule has 1 heterocycles. The SMILES string of the molecule is CCC(C)Cn1ncc(N)n1.